The molecule has 0 aliphatic carbocycles. The molecule has 8 aromatic carbocycles. The second kappa shape index (κ2) is 11.0. The third-order valence-corrected chi connectivity index (χ3v) is 9.75. The molecule has 0 unspecified atom stereocenters. The predicted molar refractivity (Wildman–Crippen MR) is 206 cm³/mol. The number of aromatic nitrogens is 1. The second-order valence-corrected chi connectivity index (χ2v) is 12.6. The topological polar surface area (TPSA) is 21.3 Å². The number of hydrogen-bond donors (Lipinski definition) is 0. The van der Waals surface area contributed by atoms with E-state index in [0.29, 0.717) is 0 Å². The summed E-state index contributed by atoms with van der Waals surface area (Å²) in [6.45, 7) is 0. The van der Waals surface area contributed by atoms with Crippen LogP contribution in [0.1, 0.15) is 0 Å². The maximum absolute atomic E-state index is 6.58. The zero-order valence-corrected chi connectivity index (χ0v) is 26.6. The molecule has 3 heteroatoms. The first kappa shape index (κ1) is 27.5. The molecular formula is C46H30N2O. The Bertz CT molecular complexity index is 2830. The minimum atomic E-state index is 0.870. The van der Waals surface area contributed by atoms with Crippen LogP contribution in [-0.4, -0.2) is 4.57 Å². The Labute approximate surface area is 283 Å². The molecule has 0 bridgehead atoms. The first-order chi connectivity index (χ1) is 24.3. The van der Waals surface area contributed by atoms with E-state index in [9.17, 15) is 0 Å². The molecule has 2 heterocycles. The van der Waals surface area contributed by atoms with Gasteiger partial charge >= 0.3 is 0 Å². The molecule has 2 aromatic heterocycles. The molecule has 0 saturated carbocycles. The van der Waals surface area contributed by atoms with Crippen LogP contribution in [0.15, 0.2) is 186 Å². The third kappa shape index (κ3) is 4.37. The van der Waals surface area contributed by atoms with E-state index in [1.54, 1.807) is 0 Å². The molecular weight excluding hydrogens is 597 g/mol. The first-order valence-electron chi connectivity index (χ1n) is 16.7. The zero-order chi connectivity index (χ0) is 32.3. The molecule has 0 fully saturated rings. The molecule has 0 N–H and O–H groups in total. The van der Waals surface area contributed by atoms with Crippen molar-refractivity contribution in [2.24, 2.45) is 0 Å². The Kier molecular flexibility index (Phi) is 6.18. The number of furan rings is 1. The Morgan fingerprint density at radius 1 is 0.449 bits per heavy atom. The highest BCUT2D eigenvalue weighted by atomic mass is 16.3. The second-order valence-electron chi connectivity index (χ2n) is 12.6. The molecule has 10 aromatic rings. The van der Waals surface area contributed by atoms with Gasteiger partial charge in [0.15, 0.2) is 5.58 Å². The molecule has 0 atom stereocenters. The lowest BCUT2D eigenvalue weighted by Crippen LogP contribution is -2.10. The highest BCUT2D eigenvalue weighted by Gasteiger charge is 2.22. The van der Waals surface area contributed by atoms with Crippen LogP contribution >= 0.6 is 0 Å². The van der Waals surface area contributed by atoms with Crippen molar-refractivity contribution in [2.75, 3.05) is 4.90 Å². The average Bonchev–Trinajstić information content (AvgIpc) is 3.72. The van der Waals surface area contributed by atoms with Crippen LogP contribution in [0.3, 0.4) is 0 Å². The summed E-state index contributed by atoms with van der Waals surface area (Å²) in [6.07, 6.45) is 0. The summed E-state index contributed by atoms with van der Waals surface area (Å²) < 4.78 is 8.99. The van der Waals surface area contributed by atoms with E-state index in [1.165, 1.54) is 38.2 Å². The van der Waals surface area contributed by atoms with Gasteiger partial charge in [0, 0.05) is 38.6 Å². The summed E-state index contributed by atoms with van der Waals surface area (Å²) in [5.74, 6) is 0. The van der Waals surface area contributed by atoms with Gasteiger partial charge in [-0.05, 0) is 82.6 Å². The van der Waals surface area contributed by atoms with E-state index in [0.717, 1.165) is 50.2 Å². The van der Waals surface area contributed by atoms with Crippen LogP contribution in [0, 0.1) is 0 Å². The van der Waals surface area contributed by atoms with Crippen LogP contribution in [-0.2, 0) is 0 Å². The van der Waals surface area contributed by atoms with Crippen molar-refractivity contribution in [3.63, 3.8) is 0 Å². The summed E-state index contributed by atoms with van der Waals surface area (Å²) in [4.78, 5) is 2.32. The van der Waals surface area contributed by atoms with E-state index >= 15 is 0 Å². The standard InChI is InChI=1S/C46H30N2O/c1-3-15-34(16-4-1)47(42-23-12-21-39-38-19-9-10-24-44(38)49-46(39)42)36-27-28-40-43(30-36)48(35-17-5-2-6-18-35)41-22-11-20-37(45(40)41)33-26-25-31-13-7-8-14-32(31)29-33/h1-30H. The van der Waals surface area contributed by atoms with E-state index in [4.69, 9.17) is 4.42 Å². The Hall–Kier alpha value is -6.58. The number of fused-ring (bicyclic) bond motifs is 7. The van der Waals surface area contributed by atoms with Gasteiger partial charge in [-0.1, -0.05) is 121 Å². The molecule has 230 valence electrons. The van der Waals surface area contributed by atoms with Gasteiger partial charge < -0.3 is 13.9 Å². The minimum absolute atomic E-state index is 0.870. The molecule has 0 aliphatic heterocycles. The molecule has 0 amide bonds. The summed E-state index contributed by atoms with van der Waals surface area (Å²) in [6, 6.07) is 64.9. The molecule has 3 nitrogen and oxygen atoms in total. The van der Waals surface area contributed by atoms with E-state index < -0.39 is 0 Å². The fourth-order valence-corrected chi connectivity index (χ4v) is 7.56. The molecule has 0 spiro atoms. The van der Waals surface area contributed by atoms with Gasteiger partial charge in [0.1, 0.15) is 5.58 Å². The third-order valence-electron chi connectivity index (χ3n) is 9.75. The lowest BCUT2D eigenvalue weighted by atomic mass is 9.97. The molecule has 0 aliphatic rings. The van der Waals surface area contributed by atoms with Crippen molar-refractivity contribution in [3.8, 4) is 16.8 Å². The van der Waals surface area contributed by atoms with Gasteiger partial charge in [-0.25, -0.2) is 0 Å². The quantitative estimate of drug-likeness (QED) is 0.190. The largest absolute Gasteiger partial charge is 0.454 e. The monoisotopic (exact) mass is 626 g/mol. The molecule has 0 saturated heterocycles. The summed E-state index contributed by atoms with van der Waals surface area (Å²) in [7, 11) is 0. The smallest absolute Gasteiger partial charge is 0.159 e. The number of nitrogens with zero attached hydrogens (tertiary/aromatic N) is 2. The van der Waals surface area contributed by atoms with Crippen LogP contribution in [0.25, 0.3) is 71.3 Å². The summed E-state index contributed by atoms with van der Waals surface area (Å²) in [5.41, 5.74) is 10.8. The van der Waals surface area contributed by atoms with Crippen LogP contribution < -0.4 is 4.90 Å². The normalized spacial score (nSPS) is 11.7. The van der Waals surface area contributed by atoms with Gasteiger partial charge in [-0.2, -0.15) is 0 Å². The SMILES string of the molecule is c1ccc(N(c2ccc3c4c(-c5ccc6ccccc6c5)cccc4n(-c4ccccc4)c3c2)c2cccc3c2oc2ccccc23)cc1. The molecule has 0 radical (unpaired) electrons. The van der Waals surface area contributed by atoms with Crippen molar-refractivity contribution in [1.82, 2.24) is 4.57 Å². The summed E-state index contributed by atoms with van der Waals surface area (Å²) in [5, 5.41) is 7.16. The first-order valence-corrected chi connectivity index (χ1v) is 16.7. The van der Waals surface area contributed by atoms with Gasteiger partial charge in [0.2, 0.25) is 0 Å². The van der Waals surface area contributed by atoms with Gasteiger partial charge in [0.25, 0.3) is 0 Å². The highest BCUT2D eigenvalue weighted by molar-refractivity contribution is 6.17. The number of benzene rings is 8. The molecule has 49 heavy (non-hydrogen) atoms. The van der Waals surface area contributed by atoms with E-state index in [2.05, 4.69) is 179 Å². The van der Waals surface area contributed by atoms with Gasteiger partial charge in [-0.15, -0.1) is 0 Å². The van der Waals surface area contributed by atoms with Crippen molar-refractivity contribution in [3.05, 3.63) is 182 Å². The number of para-hydroxylation sites is 4. The Morgan fingerprint density at radius 3 is 2.06 bits per heavy atom. The van der Waals surface area contributed by atoms with Crippen molar-refractivity contribution < 1.29 is 4.42 Å². The van der Waals surface area contributed by atoms with Crippen LogP contribution in [0.5, 0.6) is 0 Å². The average molecular weight is 627 g/mol. The maximum Gasteiger partial charge on any atom is 0.159 e. The van der Waals surface area contributed by atoms with E-state index in [-0.39, 0.29) is 0 Å². The number of hydrogen-bond acceptors (Lipinski definition) is 2. The Balaban J connectivity index is 1.26. The van der Waals surface area contributed by atoms with Crippen molar-refractivity contribution >= 4 is 71.6 Å². The lowest BCUT2D eigenvalue weighted by Gasteiger charge is -2.25. The zero-order valence-electron chi connectivity index (χ0n) is 26.6. The lowest BCUT2D eigenvalue weighted by molar-refractivity contribution is 0.669. The number of anilines is 3. The van der Waals surface area contributed by atoms with Crippen LogP contribution in [0.4, 0.5) is 17.1 Å². The van der Waals surface area contributed by atoms with E-state index in [1.807, 2.05) is 12.1 Å². The Morgan fingerprint density at radius 2 is 1.18 bits per heavy atom. The fraction of sp³-hybridized carbons (Fsp3) is 0. The predicted octanol–water partition coefficient (Wildman–Crippen LogP) is 13.0. The minimum Gasteiger partial charge on any atom is -0.454 e. The number of rotatable bonds is 5. The maximum atomic E-state index is 6.58. The van der Waals surface area contributed by atoms with Gasteiger partial charge in [-0.3, -0.25) is 0 Å². The van der Waals surface area contributed by atoms with Crippen LogP contribution in [0.2, 0.25) is 0 Å². The van der Waals surface area contributed by atoms with Gasteiger partial charge in [0.05, 0.1) is 16.7 Å². The summed E-state index contributed by atoms with van der Waals surface area (Å²) >= 11 is 0. The van der Waals surface area contributed by atoms with Crippen molar-refractivity contribution in [1.29, 1.82) is 0 Å². The fourth-order valence-electron chi connectivity index (χ4n) is 7.56. The molecule has 10 rings (SSSR count). The highest BCUT2D eigenvalue weighted by Crippen LogP contribution is 2.45. The van der Waals surface area contributed by atoms with Crippen molar-refractivity contribution in [2.45, 2.75) is 0 Å².